The molecule has 20 heavy (non-hydrogen) atoms. The minimum absolute atomic E-state index is 0.410. The van der Waals surface area contributed by atoms with Gasteiger partial charge < -0.3 is 5.11 Å². The Kier molecular flexibility index (Phi) is 5.46. The Bertz CT molecular complexity index is 449. The number of sulfonamides is 1. The van der Waals surface area contributed by atoms with Crippen molar-refractivity contribution in [2.24, 2.45) is 22.2 Å². The quantitative estimate of drug-likeness (QED) is 0.591. The van der Waals surface area contributed by atoms with Crippen molar-refractivity contribution in [2.45, 2.75) is 51.5 Å². The highest BCUT2D eigenvalue weighted by Gasteiger charge is 2.46. The van der Waals surface area contributed by atoms with E-state index in [0.717, 1.165) is 19.3 Å². The maximum atomic E-state index is 12.1. The summed E-state index contributed by atoms with van der Waals surface area (Å²) in [5.74, 6) is -0.873. The van der Waals surface area contributed by atoms with E-state index in [1.807, 2.05) is 0 Å². The first-order valence-electron chi connectivity index (χ1n) is 6.61. The average Bonchev–Trinajstić information content (AvgIpc) is 2.26. The van der Waals surface area contributed by atoms with Gasteiger partial charge in [-0.3, -0.25) is 0 Å². The lowest BCUT2D eigenvalue weighted by molar-refractivity contribution is -0.224. The summed E-state index contributed by atoms with van der Waals surface area (Å²) in [6.07, 6.45) is 3.30. The molecule has 0 spiro atoms. The maximum Gasteiger partial charge on any atom is 0.518 e. The minimum Gasteiger partial charge on any atom is -0.861 e. The van der Waals surface area contributed by atoms with Crippen molar-refractivity contribution < 1.29 is 26.7 Å². The van der Waals surface area contributed by atoms with Crippen LogP contribution in [0.2, 0.25) is 0 Å². The van der Waals surface area contributed by atoms with Gasteiger partial charge >= 0.3 is 15.5 Å². The fourth-order valence-corrected chi connectivity index (χ4v) is 3.05. The van der Waals surface area contributed by atoms with Crippen LogP contribution in [-0.4, -0.2) is 19.8 Å². The number of halogens is 3. The van der Waals surface area contributed by atoms with E-state index in [0.29, 0.717) is 24.7 Å². The molecule has 1 fully saturated rings. The highest BCUT2D eigenvalue weighted by molar-refractivity contribution is 7.91. The van der Waals surface area contributed by atoms with E-state index < -0.39 is 27.3 Å². The molecule has 1 saturated carbocycles. The molecule has 4 nitrogen and oxygen atoms in total. The number of hydrogen-bond donors (Lipinski definition) is 0. The van der Waals surface area contributed by atoms with Crippen molar-refractivity contribution in [3.8, 4) is 0 Å². The normalized spacial score (nSPS) is 26.0. The summed E-state index contributed by atoms with van der Waals surface area (Å²) >= 11 is 0. The predicted molar refractivity (Wildman–Crippen MR) is 67.3 cm³/mol. The monoisotopic (exact) mass is 314 g/mol. The molecule has 0 bridgehead atoms. The number of rotatable bonds is 4. The van der Waals surface area contributed by atoms with Crippen LogP contribution >= 0.6 is 0 Å². The zero-order valence-electron chi connectivity index (χ0n) is 11.5. The van der Waals surface area contributed by atoms with Gasteiger partial charge in [-0.25, -0.2) is 0 Å². The van der Waals surface area contributed by atoms with E-state index in [4.69, 9.17) is 0 Å². The van der Waals surface area contributed by atoms with E-state index in [1.54, 1.807) is 0 Å². The lowest BCUT2D eigenvalue weighted by Gasteiger charge is -2.32. The zero-order chi connectivity index (χ0) is 15.6. The first kappa shape index (κ1) is 17.3. The fourth-order valence-electron chi connectivity index (χ4n) is 2.56. The second-order valence-electron chi connectivity index (χ2n) is 5.70. The van der Waals surface area contributed by atoms with E-state index in [9.17, 15) is 26.7 Å². The summed E-state index contributed by atoms with van der Waals surface area (Å²) in [5.41, 5.74) is -5.50. The predicted octanol–water partition coefficient (Wildman–Crippen LogP) is 2.45. The van der Waals surface area contributed by atoms with Crippen molar-refractivity contribution in [2.75, 3.05) is 0 Å². The second-order valence-corrected chi connectivity index (χ2v) is 7.29. The van der Waals surface area contributed by atoms with E-state index in [1.165, 1.54) is 0 Å². The Morgan fingerprint density at radius 3 is 2.15 bits per heavy atom. The fraction of sp³-hybridized carbons (Fsp3) is 0.917. The van der Waals surface area contributed by atoms with Gasteiger partial charge in [-0.2, -0.15) is 26.0 Å². The van der Waals surface area contributed by atoms with Gasteiger partial charge in [0.1, 0.15) is 0 Å². The molecule has 0 N–H and O–H groups in total. The molecule has 0 radical (unpaired) electrons. The minimum atomic E-state index is -5.70. The third-order valence-electron chi connectivity index (χ3n) is 3.50. The molecule has 0 amide bonds. The van der Waals surface area contributed by atoms with Crippen molar-refractivity contribution in [1.29, 1.82) is 0 Å². The highest BCUT2D eigenvalue weighted by atomic mass is 32.2. The summed E-state index contributed by atoms with van der Waals surface area (Å²) < 4.78 is 60.4. The molecule has 0 aromatic heterocycles. The zero-order valence-corrected chi connectivity index (χ0v) is 12.3. The molecule has 0 saturated heterocycles. The summed E-state index contributed by atoms with van der Waals surface area (Å²) in [6, 6.07) is 0. The molecule has 1 aliphatic rings. The lowest BCUT2D eigenvalue weighted by atomic mass is 9.78. The van der Waals surface area contributed by atoms with Crippen LogP contribution in [-0.2, 0) is 10.0 Å². The number of hydrogen-bond acceptors (Lipinski definition) is 3. The standard InChI is InChI=1S/C12H20F3NO3S/c1-8(2)7-9-3-5-10(6-4-9)11(17)16-20(18,19)12(13,14)15/h8-10H,3-7H2,1-2H3,(H,16,17)/p-1. The Morgan fingerprint density at radius 2 is 1.75 bits per heavy atom. The topological polar surface area (TPSA) is 69.6 Å². The van der Waals surface area contributed by atoms with Crippen LogP contribution in [0.15, 0.2) is 4.40 Å². The Morgan fingerprint density at radius 1 is 1.25 bits per heavy atom. The largest absolute Gasteiger partial charge is 0.861 e. The van der Waals surface area contributed by atoms with Gasteiger partial charge in [0.25, 0.3) is 0 Å². The molecule has 0 aliphatic heterocycles. The molecule has 0 heterocycles. The third kappa shape index (κ3) is 4.64. The van der Waals surface area contributed by atoms with Crippen molar-refractivity contribution >= 4 is 15.9 Å². The smallest absolute Gasteiger partial charge is 0.518 e. The van der Waals surface area contributed by atoms with Crippen molar-refractivity contribution in [1.82, 2.24) is 0 Å². The average molecular weight is 314 g/mol. The van der Waals surface area contributed by atoms with E-state index in [-0.39, 0.29) is 0 Å². The molecule has 1 rings (SSSR count). The van der Waals surface area contributed by atoms with Crippen LogP contribution in [0.4, 0.5) is 13.2 Å². The van der Waals surface area contributed by atoms with Crippen LogP contribution < -0.4 is 5.11 Å². The van der Waals surface area contributed by atoms with Gasteiger partial charge in [-0.05, 0) is 55.8 Å². The SMILES string of the molecule is CC(C)CC1CCC(/C([O-])=N/S(=O)(=O)C(F)(F)F)CC1. The Balaban J connectivity index is 2.66. The van der Waals surface area contributed by atoms with Gasteiger partial charge in [0.2, 0.25) is 0 Å². The van der Waals surface area contributed by atoms with Gasteiger partial charge in [-0.15, -0.1) is 0 Å². The molecule has 0 unspecified atom stereocenters. The summed E-state index contributed by atoms with van der Waals surface area (Å²) in [7, 11) is -5.70. The first-order chi connectivity index (χ1) is 9.03. The molecule has 0 aromatic carbocycles. The Hall–Kier alpha value is -0.790. The van der Waals surface area contributed by atoms with E-state index >= 15 is 0 Å². The molecule has 1 aliphatic carbocycles. The van der Waals surface area contributed by atoms with Gasteiger partial charge in [-0.1, -0.05) is 13.8 Å². The van der Waals surface area contributed by atoms with Crippen LogP contribution in [0.1, 0.15) is 46.0 Å². The summed E-state index contributed by atoms with van der Waals surface area (Å²) in [6.45, 7) is 4.17. The summed E-state index contributed by atoms with van der Waals surface area (Å²) in [5, 5.41) is 11.5. The molecule has 118 valence electrons. The summed E-state index contributed by atoms with van der Waals surface area (Å²) in [4.78, 5) is 0. The first-order valence-corrected chi connectivity index (χ1v) is 8.05. The molecule has 0 aromatic rings. The van der Waals surface area contributed by atoms with Crippen LogP contribution in [0.5, 0.6) is 0 Å². The van der Waals surface area contributed by atoms with Gasteiger partial charge in [0.15, 0.2) is 0 Å². The Labute approximate surface area is 117 Å². The second kappa shape index (κ2) is 6.32. The lowest BCUT2D eigenvalue weighted by Crippen LogP contribution is -2.34. The van der Waals surface area contributed by atoms with Crippen molar-refractivity contribution in [3.05, 3.63) is 0 Å². The highest BCUT2D eigenvalue weighted by Crippen LogP contribution is 2.33. The van der Waals surface area contributed by atoms with Crippen molar-refractivity contribution in [3.63, 3.8) is 0 Å². The maximum absolute atomic E-state index is 12.1. The van der Waals surface area contributed by atoms with Crippen LogP contribution in [0.3, 0.4) is 0 Å². The van der Waals surface area contributed by atoms with Gasteiger partial charge in [0.05, 0.1) is 0 Å². The van der Waals surface area contributed by atoms with Crippen LogP contribution in [0.25, 0.3) is 0 Å². The molecular formula is C12H19F3NO3S-. The van der Waals surface area contributed by atoms with E-state index in [2.05, 4.69) is 18.2 Å². The number of nitrogens with zero attached hydrogens (tertiary/aromatic N) is 1. The third-order valence-corrected chi connectivity index (χ3v) is 4.51. The van der Waals surface area contributed by atoms with Gasteiger partial charge in [0, 0.05) is 0 Å². The molecule has 0 atom stereocenters. The molecule has 8 heteroatoms. The van der Waals surface area contributed by atoms with Crippen LogP contribution in [0, 0.1) is 17.8 Å². The molecular weight excluding hydrogens is 295 g/mol. The number of alkyl halides is 3.